The molecule has 1 fully saturated rings. The van der Waals surface area contributed by atoms with Crippen LogP contribution in [0, 0.1) is 6.92 Å². The highest BCUT2D eigenvalue weighted by Gasteiger charge is 2.45. The molecule has 142 valence electrons. The molecule has 0 radical (unpaired) electrons. The van der Waals surface area contributed by atoms with Crippen molar-refractivity contribution in [1.82, 2.24) is 10.9 Å². The number of halogens is 1. The third kappa shape index (κ3) is 3.48. The van der Waals surface area contributed by atoms with Gasteiger partial charge in [-0.15, -0.1) is 23.5 Å². The first-order valence-electron chi connectivity index (χ1n) is 8.77. The molecule has 1 aliphatic heterocycles. The topological polar surface area (TPSA) is 71.3 Å². The number of furan rings is 1. The van der Waals surface area contributed by atoms with Gasteiger partial charge in [-0.1, -0.05) is 17.7 Å². The molecule has 2 amide bonds. The number of hydrogen-bond donors (Lipinski definition) is 2. The van der Waals surface area contributed by atoms with Crippen molar-refractivity contribution in [3.8, 4) is 0 Å². The quantitative estimate of drug-likeness (QED) is 0.706. The van der Waals surface area contributed by atoms with Crippen molar-refractivity contribution >= 4 is 46.9 Å². The summed E-state index contributed by atoms with van der Waals surface area (Å²) in [6.07, 6.45) is 3.01. The Morgan fingerprint density at radius 1 is 1.19 bits per heavy atom. The fourth-order valence-electron chi connectivity index (χ4n) is 3.69. The highest BCUT2D eigenvalue weighted by atomic mass is 35.5. The number of benzene rings is 1. The van der Waals surface area contributed by atoms with E-state index in [1.807, 2.05) is 30.4 Å². The monoisotopic (exact) mass is 422 g/mol. The smallest absolute Gasteiger partial charge is 0.305 e. The summed E-state index contributed by atoms with van der Waals surface area (Å²) in [5.41, 5.74) is 7.30. The molecule has 2 aromatic rings. The Labute approximate surface area is 170 Å². The van der Waals surface area contributed by atoms with E-state index in [-0.39, 0.29) is 9.84 Å². The molecule has 2 heterocycles. The van der Waals surface area contributed by atoms with Crippen LogP contribution in [0.2, 0.25) is 5.02 Å². The first-order chi connectivity index (χ1) is 13.0. The van der Waals surface area contributed by atoms with Crippen LogP contribution in [0.3, 0.4) is 0 Å². The number of carbonyl (C=O) groups is 2. The second kappa shape index (κ2) is 7.45. The standard InChI is InChI=1S/C19H19ClN2O3S2/c1-11-15-14(6-3-7-19(15)26-8-9-27-19)25-16(11)18(24)22-21-17(23)12-4-2-5-13(20)10-12/h2,4-5,10H,3,6-9H2,1H3,(H,21,23)(H,22,24). The average molecular weight is 423 g/mol. The van der Waals surface area contributed by atoms with Crippen molar-refractivity contribution in [2.75, 3.05) is 11.5 Å². The summed E-state index contributed by atoms with van der Waals surface area (Å²) in [6.45, 7) is 1.93. The fraction of sp³-hybridized carbons (Fsp3) is 0.368. The lowest BCUT2D eigenvalue weighted by Crippen LogP contribution is -2.41. The summed E-state index contributed by atoms with van der Waals surface area (Å²) in [6, 6.07) is 6.53. The van der Waals surface area contributed by atoms with E-state index >= 15 is 0 Å². The number of carbonyl (C=O) groups excluding carboxylic acids is 2. The van der Waals surface area contributed by atoms with Crippen molar-refractivity contribution in [3.63, 3.8) is 0 Å². The van der Waals surface area contributed by atoms with Gasteiger partial charge in [0.05, 0.1) is 4.08 Å². The van der Waals surface area contributed by atoms with Gasteiger partial charge in [-0.2, -0.15) is 0 Å². The number of hydrogen-bond acceptors (Lipinski definition) is 5. The second-order valence-electron chi connectivity index (χ2n) is 6.58. The van der Waals surface area contributed by atoms with Crippen LogP contribution in [0.1, 0.15) is 50.6 Å². The van der Waals surface area contributed by atoms with E-state index in [4.69, 9.17) is 16.0 Å². The van der Waals surface area contributed by atoms with Gasteiger partial charge in [0.15, 0.2) is 5.76 Å². The highest BCUT2D eigenvalue weighted by molar-refractivity contribution is 8.20. The number of amides is 2. The van der Waals surface area contributed by atoms with Crippen LogP contribution >= 0.6 is 35.1 Å². The molecular formula is C19H19ClN2O3S2. The summed E-state index contributed by atoms with van der Waals surface area (Å²) >= 11 is 9.81. The molecule has 0 atom stereocenters. The van der Waals surface area contributed by atoms with Crippen LogP contribution in [0.15, 0.2) is 28.7 Å². The molecule has 8 heteroatoms. The van der Waals surface area contributed by atoms with E-state index in [0.717, 1.165) is 42.1 Å². The Kier molecular flexibility index (Phi) is 5.18. The van der Waals surface area contributed by atoms with Crippen LogP contribution < -0.4 is 10.9 Å². The molecule has 0 bridgehead atoms. The van der Waals surface area contributed by atoms with Gasteiger partial charge in [0.1, 0.15) is 5.76 Å². The predicted octanol–water partition coefficient (Wildman–Crippen LogP) is 4.29. The SMILES string of the molecule is Cc1c(C(=O)NNC(=O)c2cccc(Cl)c2)oc2c1C1(CCC2)SCCS1. The fourth-order valence-corrected chi connectivity index (χ4v) is 7.44. The maximum atomic E-state index is 12.6. The molecule has 0 unspecified atom stereocenters. The maximum Gasteiger partial charge on any atom is 0.305 e. The molecule has 1 saturated heterocycles. The lowest BCUT2D eigenvalue weighted by molar-refractivity contribution is 0.0829. The average Bonchev–Trinajstić information content (AvgIpc) is 3.25. The van der Waals surface area contributed by atoms with Gasteiger partial charge in [0, 0.05) is 39.6 Å². The molecule has 1 spiro atoms. The van der Waals surface area contributed by atoms with Crippen LogP contribution in [-0.4, -0.2) is 23.3 Å². The van der Waals surface area contributed by atoms with Gasteiger partial charge in [0.2, 0.25) is 0 Å². The minimum absolute atomic E-state index is 0.0176. The zero-order chi connectivity index (χ0) is 19.0. The van der Waals surface area contributed by atoms with E-state index in [0.29, 0.717) is 10.6 Å². The van der Waals surface area contributed by atoms with Gasteiger partial charge in [0.25, 0.3) is 5.91 Å². The van der Waals surface area contributed by atoms with Crippen LogP contribution in [-0.2, 0) is 10.5 Å². The summed E-state index contributed by atoms with van der Waals surface area (Å²) < 4.78 is 5.95. The van der Waals surface area contributed by atoms with Crippen LogP contribution in [0.5, 0.6) is 0 Å². The minimum Gasteiger partial charge on any atom is -0.455 e. The van der Waals surface area contributed by atoms with Crippen molar-refractivity contribution in [3.05, 3.63) is 57.5 Å². The van der Waals surface area contributed by atoms with E-state index in [2.05, 4.69) is 10.9 Å². The molecular weight excluding hydrogens is 404 g/mol. The first kappa shape index (κ1) is 18.8. The van der Waals surface area contributed by atoms with E-state index in [9.17, 15) is 9.59 Å². The van der Waals surface area contributed by atoms with Crippen molar-refractivity contribution in [2.45, 2.75) is 30.3 Å². The van der Waals surface area contributed by atoms with Crippen molar-refractivity contribution in [1.29, 1.82) is 0 Å². The Morgan fingerprint density at radius 2 is 1.93 bits per heavy atom. The van der Waals surface area contributed by atoms with Crippen LogP contribution in [0.4, 0.5) is 0 Å². The lowest BCUT2D eigenvalue weighted by atomic mass is 9.94. The van der Waals surface area contributed by atoms with Crippen molar-refractivity contribution in [2.24, 2.45) is 0 Å². The summed E-state index contributed by atoms with van der Waals surface area (Å²) in [5.74, 6) is 2.55. The molecule has 2 N–H and O–H groups in total. The Balaban J connectivity index is 1.52. The van der Waals surface area contributed by atoms with Crippen LogP contribution in [0.25, 0.3) is 0 Å². The van der Waals surface area contributed by atoms with E-state index in [1.54, 1.807) is 18.2 Å². The van der Waals surface area contributed by atoms with Gasteiger partial charge in [-0.25, -0.2) is 0 Å². The molecule has 1 aromatic heterocycles. The minimum atomic E-state index is -0.444. The molecule has 1 aliphatic carbocycles. The second-order valence-corrected chi connectivity index (χ2v) is 10.1. The Bertz CT molecular complexity index is 906. The van der Waals surface area contributed by atoms with Gasteiger partial charge in [-0.3, -0.25) is 20.4 Å². The molecule has 5 nitrogen and oxygen atoms in total. The lowest BCUT2D eigenvalue weighted by Gasteiger charge is -2.31. The predicted molar refractivity (Wildman–Crippen MR) is 109 cm³/mol. The third-order valence-corrected chi connectivity index (χ3v) is 8.61. The Hall–Kier alpha value is -1.57. The first-order valence-corrected chi connectivity index (χ1v) is 11.1. The molecule has 0 saturated carbocycles. The van der Waals surface area contributed by atoms with Crippen molar-refractivity contribution < 1.29 is 14.0 Å². The summed E-state index contributed by atoms with van der Waals surface area (Å²) in [7, 11) is 0. The molecule has 2 aliphatic rings. The number of rotatable bonds is 2. The molecule has 4 rings (SSSR count). The number of fused-ring (bicyclic) bond motifs is 2. The normalized spacial score (nSPS) is 17.6. The maximum absolute atomic E-state index is 12.6. The third-order valence-electron chi connectivity index (χ3n) is 4.85. The highest BCUT2D eigenvalue weighted by Crippen LogP contribution is 2.59. The zero-order valence-electron chi connectivity index (χ0n) is 14.8. The van der Waals surface area contributed by atoms with E-state index in [1.165, 1.54) is 11.6 Å². The number of aryl methyl sites for hydroxylation is 1. The number of nitrogens with one attached hydrogen (secondary N) is 2. The summed E-state index contributed by atoms with van der Waals surface area (Å²) in [4.78, 5) is 24.8. The van der Waals surface area contributed by atoms with Gasteiger partial charge >= 0.3 is 5.91 Å². The summed E-state index contributed by atoms with van der Waals surface area (Å²) in [5, 5.41) is 0.459. The van der Waals surface area contributed by atoms with Gasteiger partial charge in [-0.05, 0) is 38.0 Å². The zero-order valence-corrected chi connectivity index (χ0v) is 17.2. The van der Waals surface area contributed by atoms with E-state index < -0.39 is 11.8 Å². The van der Waals surface area contributed by atoms with Gasteiger partial charge < -0.3 is 4.42 Å². The Morgan fingerprint density at radius 3 is 2.67 bits per heavy atom. The molecule has 1 aromatic carbocycles. The number of thioether (sulfide) groups is 2. The number of hydrazine groups is 1. The molecule has 27 heavy (non-hydrogen) atoms. The largest absolute Gasteiger partial charge is 0.455 e.